The molecule has 0 aliphatic rings. The van der Waals surface area contributed by atoms with Crippen LogP contribution in [0.3, 0.4) is 0 Å². The van der Waals surface area contributed by atoms with E-state index < -0.39 is 0 Å². The lowest BCUT2D eigenvalue weighted by Crippen LogP contribution is -1.85. The monoisotopic (exact) mass is 229 g/mol. The van der Waals surface area contributed by atoms with Gasteiger partial charge in [-0.15, -0.1) is 0 Å². The normalized spacial score (nSPS) is 10.7. The second-order valence-electron chi connectivity index (χ2n) is 3.51. The molecule has 0 aliphatic carbocycles. The van der Waals surface area contributed by atoms with Gasteiger partial charge in [-0.1, -0.05) is 12.1 Å². The molecule has 0 fully saturated rings. The van der Waals surface area contributed by atoms with Crippen molar-refractivity contribution in [2.24, 2.45) is 4.99 Å². The molecule has 0 amide bonds. The number of aliphatic imine (C=N–C) groups is 1. The van der Waals surface area contributed by atoms with Gasteiger partial charge in [0, 0.05) is 6.21 Å². The van der Waals surface area contributed by atoms with Gasteiger partial charge in [0.05, 0.1) is 12.8 Å². The second kappa shape index (κ2) is 5.25. The topological polar surface area (TPSA) is 21.6 Å². The molecular formula is C14H12FNO. The Morgan fingerprint density at radius 1 is 1.12 bits per heavy atom. The summed E-state index contributed by atoms with van der Waals surface area (Å²) in [6.07, 6.45) is 1.72. The van der Waals surface area contributed by atoms with Crippen molar-refractivity contribution >= 4 is 11.9 Å². The third-order valence-corrected chi connectivity index (χ3v) is 2.28. The summed E-state index contributed by atoms with van der Waals surface area (Å²) in [5.41, 5.74) is 1.66. The molecule has 0 aliphatic heterocycles. The van der Waals surface area contributed by atoms with Crippen molar-refractivity contribution in [1.29, 1.82) is 0 Å². The first-order valence-electron chi connectivity index (χ1n) is 5.21. The standard InChI is InChI=1S/C14H12FNO/c1-17-14-4-2-3-11(9-14)10-16-13-7-5-12(15)6-8-13/h2-10H,1H3. The highest BCUT2D eigenvalue weighted by atomic mass is 19.1. The van der Waals surface area contributed by atoms with Gasteiger partial charge >= 0.3 is 0 Å². The number of nitrogens with zero attached hydrogens (tertiary/aromatic N) is 1. The molecule has 2 rings (SSSR count). The molecule has 2 aromatic rings. The Morgan fingerprint density at radius 3 is 2.59 bits per heavy atom. The van der Waals surface area contributed by atoms with E-state index >= 15 is 0 Å². The highest BCUT2D eigenvalue weighted by molar-refractivity contribution is 5.82. The Balaban J connectivity index is 2.16. The molecule has 2 nitrogen and oxygen atoms in total. The Labute approximate surface area is 99.4 Å². The molecule has 0 spiro atoms. The van der Waals surface area contributed by atoms with Crippen LogP contribution in [0.4, 0.5) is 10.1 Å². The fourth-order valence-corrected chi connectivity index (χ4v) is 1.40. The number of halogens is 1. The molecule has 0 saturated heterocycles. The van der Waals surface area contributed by atoms with Crippen LogP contribution in [0.15, 0.2) is 53.5 Å². The van der Waals surface area contributed by atoms with Gasteiger partial charge in [0.15, 0.2) is 0 Å². The third-order valence-electron chi connectivity index (χ3n) is 2.28. The predicted molar refractivity (Wildman–Crippen MR) is 66.6 cm³/mol. The van der Waals surface area contributed by atoms with E-state index in [1.807, 2.05) is 24.3 Å². The van der Waals surface area contributed by atoms with Crippen molar-refractivity contribution in [3.63, 3.8) is 0 Å². The predicted octanol–water partition coefficient (Wildman–Crippen LogP) is 3.58. The highest BCUT2D eigenvalue weighted by Gasteiger charge is 1.93. The number of hydrogen-bond acceptors (Lipinski definition) is 2. The molecule has 0 saturated carbocycles. The molecule has 0 aromatic heterocycles. The fraction of sp³-hybridized carbons (Fsp3) is 0.0714. The van der Waals surface area contributed by atoms with E-state index in [4.69, 9.17) is 4.74 Å². The van der Waals surface area contributed by atoms with Crippen LogP contribution in [0, 0.1) is 5.82 Å². The second-order valence-corrected chi connectivity index (χ2v) is 3.51. The minimum atomic E-state index is -0.259. The van der Waals surface area contributed by atoms with E-state index in [0.717, 1.165) is 11.3 Å². The summed E-state index contributed by atoms with van der Waals surface area (Å²) in [5.74, 6) is 0.526. The Morgan fingerprint density at radius 2 is 1.88 bits per heavy atom. The van der Waals surface area contributed by atoms with Gasteiger partial charge in [0.25, 0.3) is 0 Å². The van der Waals surface area contributed by atoms with Crippen molar-refractivity contribution < 1.29 is 9.13 Å². The molecular weight excluding hydrogens is 217 g/mol. The third kappa shape index (κ3) is 3.14. The van der Waals surface area contributed by atoms with Crippen LogP contribution in [-0.4, -0.2) is 13.3 Å². The van der Waals surface area contributed by atoms with Gasteiger partial charge in [-0.25, -0.2) is 4.39 Å². The van der Waals surface area contributed by atoms with Crippen LogP contribution in [0.25, 0.3) is 0 Å². The van der Waals surface area contributed by atoms with E-state index in [0.29, 0.717) is 5.69 Å². The first-order chi connectivity index (χ1) is 8.28. The van der Waals surface area contributed by atoms with Crippen LogP contribution < -0.4 is 4.74 Å². The van der Waals surface area contributed by atoms with Gasteiger partial charge in [-0.05, 0) is 42.0 Å². The van der Waals surface area contributed by atoms with E-state index in [9.17, 15) is 4.39 Å². The summed E-state index contributed by atoms with van der Waals surface area (Å²) in [4.78, 5) is 4.25. The maximum absolute atomic E-state index is 12.7. The van der Waals surface area contributed by atoms with E-state index in [2.05, 4.69) is 4.99 Å². The zero-order valence-electron chi connectivity index (χ0n) is 9.43. The largest absolute Gasteiger partial charge is 0.497 e. The smallest absolute Gasteiger partial charge is 0.123 e. The van der Waals surface area contributed by atoms with Gasteiger partial charge < -0.3 is 4.74 Å². The maximum atomic E-state index is 12.7. The van der Waals surface area contributed by atoms with Crippen molar-refractivity contribution in [2.45, 2.75) is 0 Å². The van der Waals surface area contributed by atoms with E-state index in [1.165, 1.54) is 12.1 Å². The van der Waals surface area contributed by atoms with Crippen LogP contribution in [-0.2, 0) is 0 Å². The molecule has 0 heterocycles. The van der Waals surface area contributed by atoms with Crippen molar-refractivity contribution in [2.75, 3.05) is 7.11 Å². The lowest BCUT2D eigenvalue weighted by atomic mass is 10.2. The Hall–Kier alpha value is -2.16. The average Bonchev–Trinajstić information content (AvgIpc) is 2.38. The molecule has 0 unspecified atom stereocenters. The van der Waals surface area contributed by atoms with Crippen LogP contribution in [0.5, 0.6) is 5.75 Å². The summed E-state index contributed by atoms with van der Waals surface area (Å²) in [7, 11) is 1.62. The Kier molecular flexibility index (Phi) is 3.50. The zero-order valence-corrected chi connectivity index (χ0v) is 9.43. The van der Waals surface area contributed by atoms with Gasteiger partial charge in [0.2, 0.25) is 0 Å². The zero-order chi connectivity index (χ0) is 12.1. The lowest BCUT2D eigenvalue weighted by molar-refractivity contribution is 0.415. The minimum Gasteiger partial charge on any atom is -0.497 e. The summed E-state index contributed by atoms with van der Waals surface area (Å²) in [6.45, 7) is 0. The quantitative estimate of drug-likeness (QED) is 0.737. The molecule has 86 valence electrons. The van der Waals surface area contributed by atoms with E-state index in [1.54, 1.807) is 25.5 Å². The first-order valence-corrected chi connectivity index (χ1v) is 5.21. The number of ether oxygens (including phenoxy) is 1. The number of hydrogen-bond donors (Lipinski definition) is 0. The van der Waals surface area contributed by atoms with Crippen LogP contribution in [0.1, 0.15) is 5.56 Å². The average molecular weight is 229 g/mol. The lowest BCUT2D eigenvalue weighted by Gasteiger charge is -1.99. The SMILES string of the molecule is COc1cccc(C=Nc2ccc(F)cc2)c1. The molecule has 0 atom stereocenters. The summed E-state index contributed by atoms with van der Waals surface area (Å²) < 4.78 is 17.8. The number of benzene rings is 2. The molecule has 17 heavy (non-hydrogen) atoms. The summed E-state index contributed by atoms with van der Waals surface area (Å²) in [5, 5.41) is 0. The van der Waals surface area contributed by atoms with Gasteiger partial charge in [0.1, 0.15) is 11.6 Å². The molecule has 2 aromatic carbocycles. The summed E-state index contributed by atoms with van der Waals surface area (Å²) >= 11 is 0. The van der Waals surface area contributed by atoms with Crippen LogP contribution in [0.2, 0.25) is 0 Å². The van der Waals surface area contributed by atoms with Gasteiger partial charge in [-0.2, -0.15) is 0 Å². The number of methoxy groups -OCH3 is 1. The molecule has 0 N–H and O–H groups in total. The summed E-state index contributed by atoms with van der Waals surface area (Å²) in [6, 6.07) is 13.6. The Bertz CT molecular complexity index is 520. The number of rotatable bonds is 3. The van der Waals surface area contributed by atoms with Crippen molar-refractivity contribution in [3.8, 4) is 5.75 Å². The minimum absolute atomic E-state index is 0.259. The maximum Gasteiger partial charge on any atom is 0.123 e. The van der Waals surface area contributed by atoms with Crippen molar-refractivity contribution in [1.82, 2.24) is 0 Å². The van der Waals surface area contributed by atoms with Crippen LogP contribution >= 0.6 is 0 Å². The fourth-order valence-electron chi connectivity index (χ4n) is 1.40. The molecule has 0 radical (unpaired) electrons. The molecule has 0 bridgehead atoms. The molecule has 3 heteroatoms. The first kappa shape index (κ1) is 11.3. The highest BCUT2D eigenvalue weighted by Crippen LogP contribution is 2.14. The van der Waals surface area contributed by atoms with Gasteiger partial charge in [-0.3, -0.25) is 4.99 Å². The van der Waals surface area contributed by atoms with E-state index in [-0.39, 0.29) is 5.82 Å². The van der Waals surface area contributed by atoms with Crippen molar-refractivity contribution in [3.05, 3.63) is 59.9 Å².